The molecule has 0 N–H and O–H groups in total. The van der Waals surface area contributed by atoms with Crippen molar-refractivity contribution in [2.45, 2.75) is 33.7 Å². The van der Waals surface area contributed by atoms with Crippen LogP contribution in [-0.4, -0.2) is 0 Å². The normalized spacial score (nSPS) is 11.2. The Morgan fingerprint density at radius 2 is 1.27 bits per heavy atom. The summed E-state index contributed by atoms with van der Waals surface area (Å²) in [6.07, 6.45) is 1.00. The minimum atomic E-state index is -0.556. The van der Waals surface area contributed by atoms with Crippen molar-refractivity contribution in [2.75, 3.05) is 0 Å². The van der Waals surface area contributed by atoms with Gasteiger partial charge in [-0.25, -0.2) is 0 Å². The molecule has 0 aliphatic heterocycles. The van der Waals surface area contributed by atoms with Gasteiger partial charge in [-0.15, -0.1) is 12.2 Å². The topological polar surface area (TPSA) is 14.1 Å². The van der Waals surface area contributed by atoms with Crippen LogP contribution in [0.1, 0.15) is 33.4 Å². The fourth-order valence-electron chi connectivity index (χ4n) is 4.92. The first-order valence-electron chi connectivity index (χ1n) is 11.0. The van der Waals surface area contributed by atoms with E-state index in [1.165, 1.54) is 55.6 Å². The molecule has 0 spiro atoms. The molecule has 4 heteroatoms. The minimum absolute atomic E-state index is 0.556. The fourth-order valence-corrected chi connectivity index (χ4v) is 4.92. The number of nitrogens with zero attached hydrogens (tertiary/aromatic N) is 1. The molecular weight excluding hydrogens is 481 g/mol. The molecule has 0 heterocycles. The van der Waals surface area contributed by atoms with Crippen LogP contribution in [0.25, 0.3) is 27.6 Å². The van der Waals surface area contributed by atoms with Gasteiger partial charge in [0.25, 0.3) is 0 Å². The van der Waals surface area contributed by atoms with Crippen LogP contribution in [0.4, 0.5) is 5.69 Å². The molecule has 166 valence electrons. The van der Waals surface area contributed by atoms with Gasteiger partial charge in [0.2, 0.25) is 0 Å². The van der Waals surface area contributed by atoms with Crippen LogP contribution in [0.3, 0.4) is 0 Å². The van der Waals surface area contributed by atoms with Gasteiger partial charge in [0.1, 0.15) is 0 Å². The molecule has 0 unspecified atom stereocenters. The standard InChI is InChI=1S/C29H26N.2ClH.Ti/c1-19-15-20(2)29(21(3)16-19)30-18-23-10-5-7-12-25(23)27-14-8-13-26-24-11-6-4-9-22(24)17-28(26)27;;;/h4-16H,17-18H2,1-3H3;2*1H;/q-1;;;+2/p-2. The van der Waals surface area contributed by atoms with Crippen molar-refractivity contribution in [3.8, 4) is 22.3 Å². The van der Waals surface area contributed by atoms with Gasteiger partial charge in [-0.2, -0.15) is 0 Å². The van der Waals surface area contributed by atoms with E-state index in [-0.39, 0.29) is 0 Å². The Hall–Kier alpha value is -2.03. The molecule has 0 saturated carbocycles. The number of rotatable bonds is 4. The molecule has 1 aliphatic carbocycles. The van der Waals surface area contributed by atoms with Crippen LogP contribution in [-0.2, 0) is 30.0 Å². The van der Waals surface area contributed by atoms with Gasteiger partial charge in [0, 0.05) is 0 Å². The summed E-state index contributed by atoms with van der Waals surface area (Å²) >= 11 is -0.556. The number of halogens is 2. The quantitative estimate of drug-likeness (QED) is 0.215. The molecule has 4 aromatic carbocycles. The van der Waals surface area contributed by atoms with Gasteiger partial charge < -0.3 is 5.32 Å². The van der Waals surface area contributed by atoms with E-state index in [1.54, 1.807) is 0 Å². The Morgan fingerprint density at radius 1 is 0.727 bits per heavy atom. The molecule has 33 heavy (non-hydrogen) atoms. The van der Waals surface area contributed by atoms with Crippen molar-refractivity contribution in [1.29, 1.82) is 0 Å². The van der Waals surface area contributed by atoms with Crippen molar-refractivity contribution in [2.24, 2.45) is 0 Å². The van der Waals surface area contributed by atoms with Crippen molar-refractivity contribution in [3.05, 3.63) is 118 Å². The van der Waals surface area contributed by atoms with Crippen molar-refractivity contribution in [3.63, 3.8) is 0 Å². The zero-order chi connectivity index (χ0) is 23.4. The molecule has 0 aromatic heterocycles. The second kappa shape index (κ2) is 10.9. The van der Waals surface area contributed by atoms with Gasteiger partial charge in [-0.05, 0) is 60.6 Å². The predicted octanol–water partition coefficient (Wildman–Crippen LogP) is 9.43. The monoisotopic (exact) mass is 506 g/mol. The zero-order valence-electron chi connectivity index (χ0n) is 19.1. The third-order valence-corrected chi connectivity index (χ3v) is 6.20. The molecule has 4 aromatic rings. The SMILES string of the molecule is Cc1cc(C)c([N-]Cc2ccccc2-c2cccc3c2Cc2ccccc2-3)c(C)c1.[Cl][Ti][Cl]. The number of aryl methyl sites for hydroxylation is 3. The van der Waals surface area contributed by atoms with Gasteiger partial charge in [0.05, 0.1) is 0 Å². The summed E-state index contributed by atoms with van der Waals surface area (Å²) in [5.41, 5.74) is 14.5. The van der Waals surface area contributed by atoms with E-state index < -0.39 is 17.0 Å². The maximum absolute atomic E-state index is 5.04. The molecule has 0 amide bonds. The van der Waals surface area contributed by atoms with E-state index in [0.29, 0.717) is 6.54 Å². The Kier molecular flexibility index (Phi) is 7.99. The Bertz CT molecular complexity index is 1260. The number of benzene rings is 4. The van der Waals surface area contributed by atoms with Crippen molar-refractivity contribution < 1.29 is 17.0 Å². The molecule has 5 rings (SSSR count). The van der Waals surface area contributed by atoms with E-state index in [9.17, 15) is 0 Å². The zero-order valence-corrected chi connectivity index (χ0v) is 22.2. The van der Waals surface area contributed by atoms with Crippen molar-refractivity contribution in [1.82, 2.24) is 0 Å². The van der Waals surface area contributed by atoms with Gasteiger partial charge in [-0.1, -0.05) is 101 Å². The Morgan fingerprint density at radius 3 is 1.97 bits per heavy atom. The van der Waals surface area contributed by atoms with Gasteiger partial charge in [-0.3, -0.25) is 0 Å². The number of hydrogen-bond donors (Lipinski definition) is 0. The maximum atomic E-state index is 5.04. The number of fused-ring (bicyclic) bond motifs is 3. The second-order valence-electron chi connectivity index (χ2n) is 8.46. The summed E-state index contributed by atoms with van der Waals surface area (Å²) in [4.78, 5) is 0. The van der Waals surface area contributed by atoms with Crippen LogP contribution in [0, 0.1) is 20.8 Å². The number of hydrogen-bond acceptors (Lipinski definition) is 0. The molecule has 0 radical (unpaired) electrons. The fraction of sp³-hybridized carbons (Fsp3) is 0.172. The molecule has 1 aliphatic rings. The van der Waals surface area contributed by atoms with E-state index >= 15 is 0 Å². The summed E-state index contributed by atoms with van der Waals surface area (Å²) in [6.45, 7) is 7.16. The first-order valence-corrected chi connectivity index (χ1v) is 15.3. The van der Waals surface area contributed by atoms with E-state index in [1.807, 2.05) is 0 Å². The van der Waals surface area contributed by atoms with Crippen LogP contribution in [0.15, 0.2) is 78.9 Å². The summed E-state index contributed by atoms with van der Waals surface area (Å²) < 4.78 is 0. The molecule has 0 saturated heterocycles. The predicted molar refractivity (Wildman–Crippen MR) is 139 cm³/mol. The first kappa shape index (κ1) is 24.1. The van der Waals surface area contributed by atoms with Crippen LogP contribution in [0.2, 0.25) is 0 Å². The average Bonchev–Trinajstić information content (AvgIpc) is 3.18. The van der Waals surface area contributed by atoms with E-state index in [4.69, 9.17) is 23.9 Å². The van der Waals surface area contributed by atoms with E-state index in [0.717, 1.165) is 12.1 Å². The van der Waals surface area contributed by atoms with Crippen LogP contribution in [0.5, 0.6) is 0 Å². The van der Waals surface area contributed by atoms with Crippen molar-refractivity contribution >= 4 is 24.3 Å². The third kappa shape index (κ3) is 5.23. The molecule has 1 nitrogen and oxygen atoms in total. The Labute approximate surface area is 213 Å². The molecule has 0 bridgehead atoms. The molecule has 0 atom stereocenters. The molecular formula is C29H26Cl2NTi-. The van der Waals surface area contributed by atoms with Crippen LogP contribution < -0.4 is 0 Å². The van der Waals surface area contributed by atoms with Gasteiger partial charge >= 0.3 is 35.6 Å². The Balaban J connectivity index is 0.000000821. The summed E-state index contributed by atoms with van der Waals surface area (Å²) in [7, 11) is 9.78. The summed E-state index contributed by atoms with van der Waals surface area (Å²) in [5.74, 6) is 0. The van der Waals surface area contributed by atoms with E-state index in [2.05, 4.69) is 99.6 Å². The second-order valence-corrected chi connectivity index (χ2v) is 11.0. The average molecular weight is 507 g/mol. The third-order valence-electron chi connectivity index (χ3n) is 6.20. The summed E-state index contributed by atoms with van der Waals surface area (Å²) in [5, 5.41) is 5.04. The molecule has 0 fully saturated rings. The first-order chi connectivity index (χ1) is 16.0. The van der Waals surface area contributed by atoms with Crippen LogP contribution >= 0.6 is 18.6 Å². The van der Waals surface area contributed by atoms with Gasteiger partial charge in [0.15, 0.2) is 0 Å². The summed E-state index contributed by atoms with van der Waals surface area (Å²) in [6, 6.07) is 28.7.